The third-order valence-electron chi connectivity index (χ3n) is 5.07. The summed E-state index contributed by atoms with van der Waals surface area (Å²) in [5.41, 5.74) is 1.05. The van der Waals surface area contributed by atoms with Crippen LogP contribution in [0.1, 0.15) is 32.8 Å². The normalized spacial score (nSPS) is 21.2. The molecule has 26 heavy (non-hydrogen) atoms. The summed E-state index contributed by atoms with van der Waals surface area (Å²) in [5, 5.41) is 0. The van der Waals surface area contributed by atoms with E-state index in [2.05, 4.69) is 37.7 Å². The lowest BCUT2D eigenvalue weighted by Crippen LogP contribution is -2.58. The molecule has 1 aliphatic rings. The van der Waals surface area contributed by atoms with Gasteiger partial charge in [-0.05, 0) is 65.5 Å². The number of rotatable bonds is 8. The third kappa shape index (κ3) is 5.99. The predicted octanol–water partition coefficient (Wildman–Crippen LogP) is 2.50. The van der Waals surface area contributed by atoms with Crippen molar-refractivity contribution in [3.63, 3.8) is 0 Å². The van der Waals surface area contributed by atoms with Gasteiger partial charge in [-0.2, -0.15) is 0 Å². The number of nitrogens with zero attached hydrogens (tertiary/aromatic N) is 3. The van der Waals surface area contributed by atoms with Gasteiger partial charge in [0.05, 0.1) is 13.0 Å². The van der Waals surface area contributed by atoms with E-state index >= 15 is 0 Å². The van der Waals surface area contributed by atoms with Crippen LogP contribution < -0.4 is 4.74 Å². The highest BCUT2D eigenvalue weighted by atomic mass is 16.5. The number of hydrogen-bond donors (Lipinski definition) is 0. The molecule has 5 heteroatoms. The van der Waals surface area contributed by atoms with Gasteiger partial charge in [-0.1, -0.05) is 12.1 Å². The van der Waals surface area contributed by atoms with Gasteiger partial charge in [-0.15, -0.1) is 0 Å². The zero-order valence-corrected chi connectivity index (χ0v) is 17.1. The molecule has 0 aliphatic carbocycles. The van der Waals surface area contributed by atoms with E-state index in [1.807, 2.05) is 36.1 Å². The minimum Gasteiger partial charge on any atom is -0.494 e. The van der Waals surface area contributed by atoms with Gasteiger partial charge < -0.3 is 14.5 Å². The van der Waals surface area contributed by atoms with Crippen LogP contribution in [0.2, 0.25) is 0 Å². The van der Waals surface area contributed by atoms with E-state index in [4.69, 9.17) is 4.74 Å². The molecule has 1 aromatic rings. The SMILES string of the molecule is CCOc1ccc(CC(=O)N2CC(C)N(CCCN(C)C)C(C)C2)cc1. The Morgan fingerprint density at radius 3 is 2.31 bits per heavy atom. The average molecular weight is 362 g/mol. The molecular formula is C21H35N3O2. The highest BCUT2D eigenvalue weighted by Gasteiger charge is 2.31. The van der Waals surface area contributed by atoms with Crippen LogP contribution in [0.4, 0.5) is 0 Å². The Labute approximate surface area is 158 Å². The van der Waals surface area contributed by atoms with E-state index in [0.717, 1.165) is 37.5 Å². The summed E-state index contributed by atoms with van der Waals surface area (Å²) in [5.74, 6) is 1.08. The molecule has 1 aliphatic heterocycles. The summed E-state index contributed by atoms with van der Waals surface area (Å²) in [7, 11) is 4.23. The first-order valence-corrected chi connectivity index (χ1v) is 9.80. The topological polar surface area (TPSA) is 36.0 Å². The van der Waals surface area contributed by atoms with Gasteiger partial charge in [0, 0.05) is 31.7 Å². The Morgan fingerprint density at radius 2 is 1.77 bits per heavy atom. The highest BCUT2D eigenvalue weighted by Crippen LogP contribution is 2.18. The third-order valence-corrected chi connectivity index (χ3v) is 5.07. The summed E-state index contributed by atoms with van der Waals surface area (Å²) >= 11 is 0. The number of ether oxygens (including phenoxy) is 1. The predicted molar refractivity (Wildman–Crippen MR) is 107 cm³/mol. The number of amides is 1. The van der Waals surface area contributed by atoms with Crippen molar-refractivity contribution in [1.82, 2.24) is 14.7 Å². The van der Waals surface area contributed by atoms with Crippen molar-refractivity contribution in [2.45, 2.75) is 45.7 Å². The maximum absolute atomic E-state index is 12.7. The number of carbonyl (C=O) groups excluding carboxylic acids is 1. The monoisotopic (exact) mass is 361 g/mol. The first-order chi connectivity index (χ1) is 12.4. The quantitative estimate of drug-likeness (QED) is 0.713. The van der Waals surface area contributed by atoms with Crippen LogP contribution in [0, 0.1) is 0 Å². The minimum atomic E-state index is 0.223. The van der Waals surface area contributed by atoms with Gasteiger partial charge in [-0.25, -0.2) is 0 Å². The molecule has 0 spiro atoms. The summed E-state index contributed by atoms with van der Waals surface area (Å²) in [6.45, 7) is 11.0. The van der Waals surface area contributed by atoms with Crippen molar-refractivity contribution in [2.75, 3.05) is 46.9 Å². The lowest BCUT2D eigenvalue weighted by molar-refractivity contribution is -0.134. The van der Waals surface area contributed by atoms with E-state index in [-0.39, 0.29) is 5.91 Å². The molecule has 1 heterocycles. The maximum atomic E-state index is 12.7. The molecule has 0 radical (unpaired) electrons. The smallest absolute Gasteiger partial charge is 0.227 e. The van der Waals surface area contributed by atoms with Gasteiger partial charge in [0.15, 0.2) is 0 Å². The lowest BCUT2D eigenvalue weighted by Gasteiger charge is -2.44. The van der Waals surface area contributed by atoms with Crippen LogP contribution in [0.25, 0.3) is 0 Å². The van der Waals surface area contributed by atoms with Crippen molar-refractivity contribution in [2.24, 2.45) is 0 Å². The van der Waals surface area contributed by atoms with Crippen LogP contribution in [0.3, 0.4) is 0 Å². The summed E-state index contributed by atoms with van der Waals surface area (Å²) in [4.78, 5) is 19.6. The van der Waals surface area contributed by atoms with Gasteiger partial charge in [0.1, 0.15) is 5.75 Å². The Kier molecular flexibility index (Phi) is 7.91. The molecule has 2 rings (SSSR count). The summed E-state index contributed by atoms with van der Waals surface area (Å²) in [6.07, 6.45) is 1.63. The maximum Gasteiger partial charge on any atom is 0.227 e. The largest absolute Gasteiger partial charge is 0.494 e. The molecule has 1 amide bonds. The molecule has 1 saturated heterocycles. The van der Waals surface area contributed by atoms with E-state index in [1.165, 1.54) is 6.42 Å². The fraction of sp³-hybridized carbons (Fsp3) is 0.667. The average Bonchev–Trinajstić information content (AvgIpc) is 2.59. The van der Waals surface area contributed by atoms with Crippen LogP contribution in [0.15, 0.2) is 24.3 Å². The van der Waals surface area contributed by atoms with Gasteiger partial charge in [0.25, 0.3) is 0 Å². The van der Waals surface area contributed by atoms with Gasteiger partial charge in [-0.3, -0.25) is 9.69 Å². The Morgan fingerprint density at radius 1 is 1.15 bits per heavy atom. The standard InChI is InChI=1S/C21H35N3O2/c1-6-26-20-10-8-19(9-11-20)14-21(25)23-15-17(2)24(18(3)16-23)13-7-12-22(4)5/h8-11,17-18H,6-7,12-16H2,1-5H3. The molecule has 1 fully saturated rings. The molecule has 2 unspecified atom stereocenters. The molecule has 5 nitrogen and oxygen atoms in total. The van der Waals surface area contributed by atoms with Crippen LogP contribution in [-0.2, 0) is 11.2 Å². The zero-order chi connectivity index (χ0) is 19.1. The van der Waals surface area contributed by atoms with Gasteiger partial charge in [0.2, 0.25) is 5.91 Å². The van der Waals surface area contributed by atoms with E-state index < -0.39 is 0 Å². The Balaban J connectivity index is 1.86. The second-order valence-corrected chi connectivity index (χ2v) is 7.65. The molecule has 0 aromatic heterocycles. The fourth-order valence-corrected chi connectivity index (χ4v) is 3.73. The first kappa shape index (κ1) is 20.7. The van der Waals surface area contributed by atoms with Gasteiger partial charge >= 0.3 is 0 Å². The summed E-state index contributed by atoms with van der Waals surface area (Å²) in [6, 6.07) is 8.69. The van der Waals surface area contributed by atoms with Crippen molar-refractivity contribution in [3.8, 4) is 5.75 Å². The van der Waals surface area contributed by atoms with E-state index in [9.17, 15) is 4.79 Å². The molecule has 0 saturated carbocycles. The van der Waals surface area contributed by atoms with Crippen LogP contribution in [-0.4, -0.2) is 79.6 Å². The number of carbonyl (C=O) groups is 1. The van der Waals surface area contributed by atoms with Crippen molar-refractivity contribution < 1.29 is 9.53 Å². The number of piperazine rings is 1. The van der Waals surface area contributed by atoms with Crippen molar-refractivity contribution in [3.05, 3.63) is 29.8 Å². The molecule has 2 atom stereocenters. The van der Waals surface area contributed by atoms with Crippen molar-refractivity contribution >= 4 is 5.91 Å². The molecular weight excluding hydrogens is 326 g/mol. The zero-order valence-electron chi connectivity index (χ0n) is 17.1. The second-order valence-electron chi connectivity index (χ2n) is 7.65. The first-order valence-electron chi connectivity index (χ1n) is 9.80. The molecule has 0 N–H and O–H groups in total. The highest BCUT2D eigenvalue weighted by molar-refractivity contribution is 5.79. The summed E-state index contributed by atoms with van der Waals surface area (Å²) < 4.78 is 5.47. The fourth-order valence-electron chi connectivity index (χ4n) is 3.73. The molecule has 1 aromatic carbocycles. The minimum absolute atomic E-state index is 0.223. The van der Waals surface area contributed by atoms with E-state index in [0.29, 0.717) is 25.1 Å². The Hall–Kier alpha value is -1.59. The molecule has 0 bridgehead atoms. The number of benzene rings is 1. The Bertz CT molecular complexity index is 547. The lowest BCUT2D eigenvalue weighted by atomic mass is 10.1. The van der Waals surface area contributed by atoms with Crippen LogP contribution in [0.5, 0.6) is 5.75 Å². The second kappa shape index (κ2) is 9.93. The van der Waals surface area contributed by atoms with Crippen molar-refractivity contribution in [1.29, 1.82) is 0 Å². The van der Waals surface area contributed by atoms with E-state index in [1.54, 1.807) is 0 Å². The number of hydrogen-bond acceptors (Lipinski definition) is 4. The molecule has 146 valence electrons. The van der Waals surface area contributed by atoms with Crippen LogP contribution >= 0.6 is 0 Å².